The average Bonchev–Trinajstić information content (AvgIpc) is 3.24. The van der Waals surface area contributed by atoms with E-state index in [1.165, 1.54) is 11.3 Å². The first-order chi connectivity index (χ1) is 13.9. The molecule has 0 saturated carbocycles. The molecule has 158 valence electrons. The van der Waals surface area contributed by atoms with Crippen molar-refractivity contribution in [3.8, 4) is 0 Å². The Bertz CT molecular complexity index is 777. The first-order valence-electron chi connectivity index (χ1n) is 10.6. The SMILES string of the molecule is CC(=O)N1C[C@@H]2CN(C(=O)CN3CCN(c4cccc(C)c4)CC3)C[C@]2(CO)C1. The van der Waals surface area contributed by atoms with E-state index in [0.29, 0.717) is 32.7 Å². The Morgan fingerprint density at radius 2 is 1.79 bits per heavy atom. The monoisotopic (exact) mass is 400 g/mol. The van der Waals surface area contributed by atoms with Crippen LogP contribution in [-0.4, -0.2) is 97.1 Å². The summed E-state index contributed by atoms with van der Waals surface area (Å²) >= 11 is 0. The minimum Gasteiger partial charge on any atom is -0.396 e. The van der Waals surface area contributed by atoms with Gasteiger partial charge >= 0.3 is 0 Å². The summed E-state index contributed by atoms with van der Waals surface area (Å²) in [5.41, 5.74) is 2.18. The summed E-state index contributed by atoms with van der Waals surface area (Å²) in [5.74, 6) is 0.376. The number of fused-ring (bicyclic) bond motifs is 1. The van der Waals surface area contributed by atoms with E-state index in [2.05, 4.69) is 41.0 Å². The number of amides is 2. The van der Waals surface area contributed by atoms with Crippen molar-refractivity contribution in [3.63, 3.8) is 0 Å². The highest BCUT2D eigenvalue weighted by molar-refractivity contribution is 5.79. The Balaban J connectivity index is 1.29. The Morgan fingerprint density at radius 3 is 2.41 bits per heavy atom. The van der Waals surface area contributed by atoms with Crippen LogP contribution in [0.15, 0.2) is 24.3 Å². The molecule has 1 N–H and O–H groups in total. The summed E-state index contributed by atoms with van der Waals surface area (Å²) in [6.07, 6.45) is 0. The summed E-state index contributed by atoms with van der Waals surface area (Å²) in [5, 5.41) is 10.0. The molecule has 1 aromatic carbocycles. The topological polar surface area (TPSA) is 67.3 Å². The van der Waals surface area contributed by atoms with Crippen LogP contribution in [0.5, 0.6) is 0 Å². The highest BCUT2D eigenvalue weighted by atomic mass is 16.3. The van der Waals surface area contributed by atoms with Crippen LogP contribution in [0, 0.1) is 18.3 Å². The molecule has 3 aliphatic heterocycles. The number of benzene rings is 1. The minimum atomic E-state index is -0.342. The quantitative estimate of drug-likeness (QED) is 0.793. The lowest BCUT2D eigenvalue weighted by Gasteiger charge is -2.36. The maximum Gasteiger partial charge on any atom is 0.236 e. The molecule has 29 heavy (non-hydrogen) atoms. The van der Waals surface area contributed by atoms with Gasteiger partial charge in [0, 0.05) is 76.3 Å². The van der Waals surface area contributed by atoms with Gasteiger partial charge in [-0.2, -0.15) is 0 Å². The Morgan fingerprint density at radius 1 is 1.10 bits per heavy atom. The lowest BCUT2D eigenvalue weighted by molar-refractivity contribution is -0.132. The molecule has 3 saturated heterocycles. The van der Waals surface area contributed by atoms with Gasteiger partial charge < -0.3 is 19.8 Å². The van der Waals surface area contributed by atoms with Crippen molar-refractivity contribution in [1.29, 1.82) is 0 Å². The van der Waals surface area contributed by atoms with Crippen LogP contribution in [0.2, 0.25) is 0 Å². The number of hydrogen-bond donors (Lipinski definition) is 1. The molecule has 0 bridgehead atoms. The molecule has 0 aliphatic carbocycles. The van der Waals surface area contributed by atoms with Gasteiger partial charge in [-0.1, -0.05) is 12.1 Å². The fourth-order valence-electron chi connectivity index (χ4n) is 5.11. The number of carbonyl (C=O) groups excluding carboxylic acids is 2. The molecule has 2 amide bonds. The lowest BCUT2D eigenvalue weighted by Crippen LogP contribution is -2.50. The van der Waals surface area contributed by atoms with Crippen molar-refractivity contribution in [2.45, 2.75) is 13.8 Å². The standard InChI is InChI=1S/C22H32N4O3/c1-17-4-3-5-20(10-17)24-8-6-23(7-9-24)13-21(29)26-12-19-11-25(18(2)28)14-22(19,15-26)16-27/h3-5,10,19,27H,6-9,11-16H2,1-2H3/t19-,22+/m1/s1. The van der Waals surface area contributed by atoms with Gasteiger partial charge in [0.2, 0.25) is 11.8 Å². The molecule has 0 spiro atoms. The molecule has 0 radical (unpaired) electrons. The number of aliphatic hydroxyl groups excluding tert-OH is 1. The van der Waals surface area contributed by atoms with Gasteiger partial charge in [-0.05, 0) is 24.6 Å². The van der Waals surface area contributed by atoms with Crippen molar-refractivity contribution in [1.82, 2.24) is 14.7 Å². The van der Waals surface area contributed by atoms with Gasteiger partial charge in [-0.25, -0.2) is 0 Å². The number of hydrogen-bond acceptors (Lipinski definition) is 5. The number of piperazine rings is 1. The zero-order valence-corrected chi connectivity index (χ0v) is 17.5. The van der Waals surface area contributed by atoms with E-state index < -0.39 is 0 Å². The summed E-state index contributed by atoms with van der Waals surface area (Å²) in [6, 6.07) is 8.56. The van der Waals surface area contributed by atoms with Gasteiger partial charge in [0.25, 0.3) is 0 Å². The number of rotatable bonds is 4. The van der Waals surface area contributed by atoms with Crippen molar-refractivity contribution in [2.75, 3.05) is 70.4 Å². The van der Waals surface area contributed by atoms with Crippen LogP contribution in [0.1, 0.15) is 12.5 Å². The predicted molar refractivity (Wildman–Crippen MR) is 112 cm³/mol. The Hall–Kier alpha value is -2.12. The summed E-state index contributed by atoms with van der Waals surface area (Å²) < 4.78 is 0. The molecular weight excluding hydrogens is 368 g/mol. The van der Waals surface area contributed by atoms with E-state index in [9.17, 15) is 14.7 Å². The van der Waals surface area contributed by atoms with Crippen LogP contribution in [0.4, 0.5) is 5.69 Å². The molecular formula is C22H32N4O3. The second kappa shape index (κ2) is 7.95. The number of aryl methyl sites for hydroxylation is 1. The summed E-state index contributed by atoms with van der Waals surface area (Å²) in [7, 11) is 0. The lowest BCUT2D eigenvalue weighted by atomic mass is 9.82. The third-order valence-electron chi connectivity index (χ3n) is 6.97. The fraction of sp³-hybridized carbons (Fsp3) is 0.636. The van der Waals surface area contributed by atoms with E-state index in [4.69, 9.17) is 0 Å². The molecule has 2 atom stereocenters. The van der Waals surface area contributed by atoms with Crippen molar-refractivity contribution in [3.05, 3.63) is 29.8 Å². The zero-order valence-electron chi connectivity index (χ0n) is 17.5. The number of carbonyl (C=O) groups is 2. The Kier molecular flexibility index (Phi) is 5.53. The maximum atomic E-state index is 12.9. The molecule has 3 fully saturated rings. The van der Waals surface area contributed by atoms with E-state index >= 15 is 0 Å². The predicted octanol–water partition coefficient (Wildman–Crippen LogP) is 0.416. The second-order valence-electron chi connectivity index (χ2n) is 8.99. The molecule has 1 aromatic rings. The summed E-state index contributed by atoms with van der Waals surface area (Å²) in [4.78, 5) is 33.0. The molecule has 7 heteroatoms. The normalized spacial score (nSPS) is 27.4. The van der Waals surface area contributed by atoms with Gasteiger partial charge in [0.05, 0.1) is 13.2 Å². The van der Waals surface area contributed by atoms with Crippen molar-refractivity contribution < 1.29 is 14.7 Å². The van der Waals surface area contributed by atoms with Crippen molar-refractivity contribution in [2.24, 2.45) is 11.3 Å². The van der Waals surface area contributed by atoms with Crippen LogP contribution in [0.25, 0.3) is 0 Å². The van der Waals surface area contributed by atoms with Gasteiger partial charge in [0.1, 0.15) is 0 Å². The van der Waals surface area contributed by atoms with Crippen LogP contribution < -0.4 is 4.90 Å². The highest BCUT2D eigenvalue weighted by Gasteiger charge is 2.53. The largest absolute Gasteiger partial charge is 0.396 e. The molecule has 0 unspecified atom stereocenters. The number of aliphatic hydroxyl groups is 1. The number of nitrogens with zero attached hydrogens (tertiary/aromatic N) is 4. The third-order valence-corrected chi connectivity index (χ3v) is 6.97. The van der Waals surface area contributed by atoms with Crippen LogP contribution >= 0.6 is 0 Å². The van der Waals surface area contributed by atoms with Gasteiger partial charge in [-0.3, -0.25) is 14.5 Å². The third kappa shape index (κ3) is 3.98. The number of likely N-dealkylation sites (tertiary alicyclic amines) is 2. The van der Waals surface area contributed by atoms with Gasteiger partial charge in [-0.15, -0.1) is 0 Å². The highest BCUT2D eigenvalue weighted by Crippen LogP contribution is 2.42. The second-order valence-corrected chi connectivity index (χ2v) is 8.99. The van der Waals surface area contributed by atoms with Gasteiger partial charge in [0.15, 0.2) is 0 Å². The number of anilines is 1. The molecule has 3 aliphatic rings. The van der Waals surface area contributed by atoms with E-state index in [1.807, 2.05) is 9.80 Å². The van der Waals surface area contributed by atoms with E-state index in [1.54, 1.807) is 6.92 Å². The van der Waals surface area contributed by atoms with Crippen LogP contribution in [-0.2, 0) is 9.59 Å². The first kappa shape index (κ1) is 20.2. The fourth-order valence-corrected chi connectivity index (χ4v) is 5.11. The first-order valence-corrected chi connectivity index (χ1v) is 10.6. The average molecular weight is 401 g/mol. The van der Waals surface area contributed by atoms with Crippen molar-refractivity contribution >= 4 is 17.5 Å². The molecule has 3 heterocycles. The Labute approximate surface area is 172 Å². The smallest absolute Gasteiger partial charge is 0.236 e. The van der Waals surface area contributed by atoms with E-state index in [0.717, 1.165) is 26.2 Å². The molecule has 4 rings (SSSR count). The zero-order chi connectivity index (χ0) is 20.6. The summed E-state index contributed by atoms with van der Waals surface area (Å²) in [6.45, 7) is 10.2. The molecule has 7 nitrogen and oxygen atoms in total. The molecule has 0 aromatic heterocycles. The maximum absolute atomic E-state index is 12.9. The minimum absolute atomic E-state index is 0.0282. The van der Waals surface area contributed by atoms with Crippen LogP contribution in [0.3, 0.4) is 0 Å². The van der Waals surface area contributed by atoms with E-state index in [-0.39, 0.29) is 29.8 Å².